The Hall–Kier alpha value is 0.177. The van der Waals surface area contributed by atoms with Gasteiger partial charge in [-0.2, -0.15) is 0 Å². The van der Waals surface area contributed by atoms with Gasteiger partial charge in [-0.15, -0.1) is 0 Å². The molecule has 0 amide bonds. The summed E-state index contributed by atoms with van der Waals surface area (Å²) in [5, 5.41) is 0. The highest BCUT2D eigenvalue weighted by Gasteiger charge is 2.30. The molecule has 1 aliphatic rings. The van der Waals surface area contributed by atoms with E-state index in [0.717, 1.165) is 5.54 Å². The van der Waals surface area contributed by atoms with Gasteiger partial charge in [0.15, 0.2) is 0 Å². The van der Waals surface area contributed by atoms with E-state index in [1.165, 1.54) is 19.3 Å². The molecule has 1 atom stereocenters. The first kappa shape index (κ1) is 10.2. The molecule has 0 aromatic rings. The molecule has 0 spiro atoms. The van der Waals surface area contributed by atoms with Crippen LogP contribution in [0.1, 0.15) is 26.2 Å². The lowest BCUT2D eigenvalue weighted by Crippen LogP contribution is -2.33. The molecule has 2 heteroatoms. The summed E-state index contributed by atoms with van der Waals surface area (Å²) < 4.78 is 0. The molecule has 1 saturated heterocycles. The Bertz CT molecular complexity index is 101. The summed E-state index contributed by atoms with van der Waals surface area (Å²) >= 11 is 0. The smallest absolute Gasteiger partial charge is 0.0502 e. The van der Waals surface area contributed by atoms with Gasteiger partial charge in [0.25, 0.3) is 0 Å². The zero-order valence-corrected chi connectivity index (χ0v) is 8.61. The third kappa shape index (κ3) is 2.10. The van der Waals surface area contributed by atoms with Gasteiger partial charge in [-0.25, -0.2) is 0 Å². The van der Waals surface area contributed by atoms with Crippen LogP contribution in [0.3, 0.4) is 0 Å². The minimum absolute atomic E-state index is 0. The van der Waals surface area contributed by atoms with Crippen LogP contribution in [-0.4, -0.2) is 8.07 Å². The SMILES string of the molecule is CC1CCCC[Si]1(C)C.N. The van der Waals surface area contributed by atoms with Crippen LogP contribution in [-0.2, 0) is 0 Å². The fourth-order valence-electron chi connectivity index (χ4n) is 1.67. The summed E-state index contributed by atoms with van der Waals surface area (Å²) in [6.07, 6.45) is 4.53. The van der Waals surface area contributed by atoms with Crippen LogP contribution in [0.5, 0.6) is 0 Å². The highest BCUT2D eigenvalue weighted by atomic mass is 28.3. The van der Waals surface area contributed by atoms with E-state index in [4.69, 9.17) is 0 Å². The van der Waals surface area contributed by atoms with Crippen molar-refractivity contribution in [3.05, 3.63) is 0 Å². The maximum Gasteiger partial charge on any atom is 0.0502 e. The van der Waals surface area contributed by atoms with Gasteiger partial charge in [0.2, 0.25) is 0 Å². The Kier molecular flexibility index (Phi) is 3.60. The van der Waals surface area contributed by atoms with E-state index < -0.39 is 8.07 Å². The first-order valence-electron chi connectivity index (χ1n) is 4.13. The predicted molar refractivity (Wildman–Crippen MR) is 50.6 cm³/mol. The maximum absolute atomic E-state index is 2.54. The second-order valence-electron chi connectivity index (χ2n) is 4.14. The van der Waals surface area contributed by atoms with Gasteiger partial charge in [0.05, 0.1) is 8.07 Å². The number of rotatable bonds is 0. The lowest BCUT2D eigenvalue weighted by Gasteiger charge is -2.34. The maximum atomic E-state index is 2.54. The minimum atomic E-state index is -0.694. The molecular formula is C8H21NSi. The van der Waals surface area contributed by atoms with Gasteiger partial charge in [-0.1, -0.05) is 45.3 Å². The lowest BCUT2D eigenvalue weighted by atomic mass is 10.2. The molecule has 10 heavy (non-hydrogen) atoms. The molecule has 1 heterocycles. The van der Waals surface area contributed by atoms with Gasteiger partial charge in [-0.05, 0) is 5.54 Å². The van der Waals surface area contributed by atoms with Crippen LogP contribution >= 0.6 is 0 Å². The largest absolute Gasteiger partial charge is 0.344 e. The molecule has 3 N–H and O–H groups in total. The highest BCUT2D eigenvalue weighted by molar-refractivity contribution is 6.78. The molecule has 0 aromatic heterocycles. The van der Waals surface area contributed by atoms with E-state index in [-0.39, 0.29) is 6.15 Å². The third-order valence-electron chi connectivity index (χ3n) is 3.04. The zero-order chi connectivity index (χ0) is 6.91. The summed E-state index contributed by atoms with van der Waals surface area (Å²) in [7, 11) is -0.694. The molecule has 62 valence electrons. The van der Waals surface area contributed by atoms with E-state index in [9.17, 15) is 0 Å². The molecule has 0 aliphatic carbocycles. The Morgan fingerprint density at radius 2 is 1.80 bits per heavy atom. The molecule has 1 aliphatic heterocycles. The van der Waals surface area contributed by atoms with Gasteiger partial charge in [0, 0.05) is 0 Å². The van der Waals surface area contributed by atoms with E-state index in [2.05, 4.69) is 20.0 Å². The van der Waals surface area contributed by atoms with Gasteiger partial charge < -0.3 is 6.15 Å². The zero-order valence-electron chi connectivity index (χ0n) is 7.61. The number of hydrogen-bond acceptors (Lipinski definition) is 1. The molecule has 1 rings (SSSR count). The van der Waals surface area contributed by atoms with E-state index in [1.807, 2.05) is 0 Å². The summed E-state index contributed by atoms with van der Waals surface area (Å²) in [5.41, 5.74) is 1.09. The predicted octanol–water partition coefficient (Wildman–Crippen LogP) is 3.43. The van der Waals surface area contributed by atoms with Crippen molar-refractivity contribution in [2.24, 2.45) is 0 Å². The first-order chi connectivity index (χ1) is 4.13. The van der Waals surface area contributed by atoms with Gasteiger partial charge in [0.1, 0.15) is 0 Å². The van der Waals surface area contributed by atoms with Crippen LogP contribution in [0.4, 0.5) is 0 Å². The fraction of sp³-hybridized carbons (Fsp3) is 1.00. The quantitative estimate of drug-likeness (QED) is 0.540. The monoisotopic (exact) mass is 159 g/mol. The van der Waals surface area contributed by atoms with Crippen molar-refractivity contribution in [1.82, 2.24) is 6.15 Å². The van der Waals surface area contributed by atoms with Crippen LogP contribution in [0.2, 0.25) is 24.7 Å². The molecule has 1 fully saturated rings. The van der Waals surface area contributed by atoms with Crippen molar-refractivity contribution in [2.75, 3.05) is 0 Å². The van der Waals surface area contributed by atoms with Crippen molar-refractivity contribution in [2.45, 2.75) is 50.9 Å². The van der Waals surface area contributed by atoms with Gasteiger partial charge in [-0.3, -0.25) is 0 Å². The van der Waals surface area contributed by atoms with E-state index in [0.29, 0.717) is 0 Å². The molecule has 1 unspecified atom stereocenters. The Morgan fingerprint density at radius 1 is 1.20 bits per heavy atom. The van der Waals surface area contributed by atoms with Crippen molar-refractivity contribution in [3.8, 4) is 0 Å². The Labute approximate surface area is 65.8 Å². The minimum Gasteiger partial charge on any atom is -0.344 e. The number of hydrogen-bond donors (Lipinski definition) is 1. The van der Waals surface area contributed by atoms with Crippen LogP contribution < -0.4 is 6.15 Å². The molecule has 0 bridgehead atoms. The van der Waals surface area contributed by atoms with E-state index in [1.54, 1.807) is 6.04 Å². The van der Waals surface area contributed by atoms with Crippen molar-refractivity contribution in [3.63, 3.8) is 0 Å². The third-order valence-corrected chi connectivity index (χ3v) is 7.64. The molecule has 0 saturated carbocycles. The molecule has 1 nitrogen and oxygen atoms in total. The normalized spacial score (nSPS) is 30.9. The molecular weight excluding hydrogens is 138 g/mol. The summed E-state index contributed by atoms with van der Waals surface area (Å²) in [6, 6.07) is 1.58. The highest BCUT2D eigenvalue weighted by Crippen LogP contribution is 2.36. The summed E-state index contributed by atoms with van der Waals surface area (Å²) in [6.45, 7) is 7.53. The average molecular weight is 159 g/mol. The summed E-state index contributed by atoms with van der Waals surface area (Å²) in [5.74, 6) is 0. The molecule has 0 radical (unpaired) electrons. The van der Waals surface area contributed by atoms with Crippen LogP contribution in [0.15, 0.2) is 0 Å². The Balaban J connectivity index is 0.000000810. The van der Waals surface area contributed by atoms with Crippen LogP contribution in [0, 0.1) is 0 Å². The van der Waals surface area contributed by atoms with E-state index >= 15 is 0 Å². The van der Waals surface area contributed by atoms with Gasteiger partial charge >= 0.3 is 0 Å². The van der Waals surface area contributed by atoms with Crippen molar-refractivity contribution in [1.29, 1.82) is 0 Å². The lowest BCUT2D eigenvalue weighted by molar-refractivity contribution is 0.635. The van der Waals surface area contributed by atoms with Crippen LogP contribution in [0.25, 0.3) is 0 Å². The average Bonchev–Trinajstić information content (AvgIpc) is 1.77. The first-order valence-corrected chi connectivity index (χ1v) is 7.41. The fourth-order valence-corrected chi connectivity index (χ4v) is 4.31. The summed E-state index contributed by atoms with van der Waals surface area (Å²) in [4.78, 5) is 0. The topological polar surface area (TPSA) is 35.0 Å². The van der Waals surface area contributed by atoms with Crippen molar-refractivity contribution >= 4 is 8.07 Å². The second-order valence-corrected chi connectivity index (χ2v) is 9.60. The molecule has 0 aromatic carbocycles. The Morgan fingerprint density at radius 3 is 2.10 bits per heavy atom. The van der Waals surface area contributed by atoms with Crippen molar-refractivity contribution < 1.29 is 0 Å². The second kappa shape index (κ2) is 3.53. The standard InChI is InChI=1S/C8H18Si.H3N/c1-8-6-4-5-7-9(8,2)3;/h8H,4-7H2,1-3H3;1H3.